The smallest absolute Gasteiger partial charge is 0.254 e. The van der Waals surface area contributed by atoms with E-state index >= 15 is 0 Å². The van der Waals surface area contributed by atoms with E-state index in [2.05, 4.69) is 15.7 Å². The Labute approximate surface area is 177 Å². The number of ether oxygens (including phenoxy) is 2. The number of carbonyl (C=O) groups excluding carboxylic acids is 1. The summed E-state index contributed by atoms with van der Waals surface area (Å²) in [5.74, 6) is 2.63. The van der Waals surface area contributed by atoms with Gasteiger partial charge in [-0.1, -0.05) is 12.1 Å². The summed E-state index contributed by atoms with van der Waals surface area (Å²) in [6.45, 7) is 2.94. The molecule has 2 saturated carbocycles. The molecule has 1 saturated heterocycles. The van der Waals surface area contributed by atoms with Gasteiger partial charge in [0.15, 0.2) is 0 Å². The number of amides is 1. The van der Waals surface area contributed by atoms with Crippen LogP contribution in [0.25, 0.3) is 5.69 Å². The number of para-hydroxylation sites is 2. The van der Waals surface area contributed by atoms with Gasteiger partial charge in [-0.15, -0.1) is 0 Å². The number of nitrogens with one attached hydrogen (secondary N) is 2. The molecule has 7 nitrogen and oxygen atoms in total. The normalized spacial score (nSPS) is 28.2. The number of carbonyl (C=O) groups is 1. The summed E-state index contributed by atoms with van der Waals surface area (Å²) in [7, 11) is 1.63. The van der Waals surface area contributed by atoms with Crippen molar-refractivity contribution in [1.29, 1.82) is 0 Å². The maximum Gasteiger partial charge on any atom is 0.254 e. The minimum Gasteiger partial charge on any atom is -0.494 e. The number of hydrogen-bond acceptors (Lipinski definition) is 5. The van der Waals surface area contributed by atoms with Gasteiger partial charge >= 0.3 is 0 Å². The fourth-order valence-electron chi connectivity index (χ4n) is 4.80. The van der Waals surface area contributed by atoms with Crippen LogP contribution in [-0.4, -0.2) is 54.6 Å². The number of methoxy groups -OCH3 is 1. The fourth-order valence-corrected chi connectivity index (χ4v) is 4.80. The van der Waals surface area contributed by atoms with Crippen molar-refractivity contribution >= 4 is 5.91 Å². The molecule has 5 rings (SSSR count). The Kier molecular flexibility index (Phi) is 5.48. The van der Waals surface area contributed by atoms with Crippen LogP contribution in [0.1, 0.15) is 36.0 Å². The van der Waals surface area contributed by atoms with Crippen LogP contribution in [0.2, 0.25) is 0 Å². The van der Waals surface area contributed by atoms with E-state index < -0.39 is 0 Å². The van der Waals surface area contributed by atoms with Gasteiger partial charge in [0.2, 0.25) is 0 Å². The molecule has 30 heavy (non-hydrogen) atoms. The molecule has 2 aliphatic carbocycles. The molecule has 0 radical (unpaired) electrons. The molecule has 3 aliphatic rings. The van der Waals surface area contributed by atoms with Crippen LogP contribution in [0, 0.1) is 17.8 Å². The Bertz CT molecular complexity index is 894. The SMILES string of the molecule is COc1ccccc1-n1cc(C(=O)N[C@H]2C[C@H]3CNC[C@H]3C[C@@H]2OCC2CC2)cn1. The highest BCUT2D eigenvalue weighted by atomic mass is 16.5. The lowest BCUT2D eigenvalue weighted by molar-refractivity contribution is -0.0211. The standard InChI is InChI=1S/C23H30N4O3/c1-29-21-5-3-2-4-20(21)27-13-18(12-25-27)23(28)26-19-8-16-10-24-11-17(16)9-22(19)30-14-15-6-7-15/h2-5,12-13,15-17,19,22,24H,6-11,14H2,1H3,(H,26,28)/t16-,17+,19-,22-/m0/s1. The maximum absolute atomic E-state index is 13.0. The Hall–Kier alpha value is -2.38. The number of benzene rings is 1. The Morgan fingerprint density at radius 3 is 2.83 bits per heavy atom. The first-order chi connectivity index (χ1) is 14.7. The molecule has 7 heteroatoms. The molecule has 1 amide bonds. The zero-order chi connectivity index (χ0) is 20.5. The van der Waals surface area contributed by atoms with Gasteiger partial charge in [0, 0.05) is 12.8 Å². The molecular formula is C23H30N4O3. The van der Waals surface area contributed by atoms with Crippen LogP contribution in [0.3, 0.4) is 0 Å². The van der Waals surface area contributed by atoms with Crippen molar-refractivity contribution in [1.82, 2.24) is 20.4 Å². The molecule has 3 fully saturated rings. The topological polar surface area (TPSA) is 77.4 Å². The highest BCUT2D eigenvalue weighted by molar-refractivity contribution is 5.94. The number of aromatic nitrogens is 2. The van der Waals surface area contributed by atoms with Crippen molar-refractivity contribution in [2.24, 2.45) is 17.8 Å². The van der Waals surface area contributed by atoms with Crippen molar-refractivity contribution in [2.75, 3.05) is 26.8 Å². The zero-order valence-electron chi connectivity index (χ0n) is 17.4. The quantitative estimate of drug-likeness (QED) is 0.733. The van der Waals surface area contributed by atoms with E-state index in [-0.39, 0.29) is 18.1 Å². The van der Waals surface area contributed by atoms with Gasteiger partial charge in [0.25, 0.3) is 5.91 Å². The van der Waals surface area contributed by atoms with Crippen molar-refractivity contribution in [3.63, 3.8) is 0 Å². The van der Waals surface area contributed by atoms with E-state index in [0.29, 0.717) is 23.1 Å². The predicted octanol–water partition coefficient (Wildman–Crippen LogP) is 2.40. The molecule has 1 aliphatic heterocycles. The third kappa shape index (κ3) is 4.09. The molecule has 160 valence electrons. The first-order valence-corrected chi connectivity index (χ1v) is 11.0. The molecule has 0 unspecified atom stereocenters. The number of nitrogens with zero attached hydrogens (tertiary/aromatic N) is 2. The Morgan fingerprint density at radius 2 is 2.03 bits per heavy atom. The second-order valence-electron chi connectivity index (χ2n) is 8.89. The van der Waals surface area contributed by atoms with Gasteiger partial charge < -0.3 is 20.1 Å². The summed E-state index contributed by atoms with van der Waals surface area (Å²) < 4.78 is 13.4. The summed E-state index contributed by atoms with van der Waals surface area (Å²) in [4.78, 5) is 13.0. The molecule has 0 spiro atoms. The number of rotatable bonds is 7. The maximum atomic E-state index is 13.0. The molecule has 2 N–H and O–H groups in total. The first-order valence-electron chi connectivity index (χ1n) is 11.0. The molecule has 0 bridgehead atoms. The van der Waals surface area contributed by atoms with Gasteiger partial charge in [0.05, 0.1) is 31.0 Å². The van der Waals surface area contributed by atoms with Gasteiger partial charge in [0.1, 0.15) is 11.4 Å². The lowest BCUT2D eigenvalue weighted by Gasteiger charge is -2.38. The molecular weight excluding hydrogens is 380 g/mol. The van der Waals surface area contributed by atoms with E-state index in [9.17, 15) is 4.79 Å². The van der Waals surface area contributed by atoms with Gasteiger partial charge in [-0.2, -0.15) is 5.10 Å². The van der Waals surface area contributed by atoms with Crippen molar-refractivity contribution < 1.29 is 14.3 Å². The van der Waals surface area contributed by atoms with E-state index in [1.807, 2.05) is 24.3 Å². The van der Waals surface area contributed by atoms with Crippen LogP contribution in [0.15, 0.2) is 36.7 Å². The van der Waals surface area contributed by atoms with Gasteiger partial charge in [-0.3, -0.25) is 4.79 Å². The molecule has 2 heterocycles. The molecule has 4 atom stereocenters. The fraction of sp³-hybridized carbons (Fsp3) is 0.565. The first kappa shape index (κ1) is 19.6. The second-order valence-corrected chi connectivity index (χ2v) is 8.89. The molecule has 1 aromatic carbocycles. The average molecular weight is 411 g/mol. The van der Waals surface area contributed by atoms with Crippen LogP contribution in [0.4, 0.5) is 0 Å². The molecule has 2 aromatic rings. The van der Waals surface area contributed by atoms with E-state index in [1.54, 1.807) is 24.2 Å². The lowest BCUT2D eigenvalue weighted by atomic mass is 9.77. The minimum atomic E-state index is -0.0921. The summed E-state index contributed by atoms with van der Waals surface area (Å²) in [6.07, 6.45) is 8.02. The summed E-state index contributed by atoms with van der Waals surface area (Å²) in [5, 5.41) is 11.1. The van der Waals surface area contributed by atoms with Crippen molar-refractivity contribution in [3.05, 3.63) is 42.2 Å². The van der Waals surface area contributed by atoms with Crippen LogP contribution >= 0.6 is 0 Å². The zero-order valence-corrected chi connectivity index (χ0v) is 17.4. The third-order valence-electron chi connectivity index (χ3n) is 6.76. The van der Waals surface area contributed by atoms with E-state index in [0.717, 1.165) is 44.1 Å². The summed E-state index contributed by atoms with van der Waals surface area (Å²) in [5.41, 5.74) is 1.36. The van der Waals surface area contributed by atoms with Crippen molar-refractivity contribution in [2.45, 2.75) is 37.8 Å². The Morgan fingerprint density at radius 1 is 1.23 bits per heavy atom. The van der Waals surface area contributed by atoms with Crippen LogP contribution in [-0.2, 0) is 4.74 Å². The number of fused-ring (bicyclic) bond motifs is 1. The molecule has 1 aromatic heterocycles. The van der Waals surface area contributed by atoms with Crippen LogP contribution < -0.4 is 15.4 Å². The van der Waals surface area contributed by atoms with Crippen LogP contribution in [0.5, 0.6) is 5.75 Å². The summed E-state index contributed by atoms with van der Waals surface area (Å²) in [6, 6.07) is 7.69. The average Bonchev–Trinajstić information content (AvgIpc) is 3.27. The Balaban J connectivity index is 1.29. The lowest BCUT2D eigenvalue weighted by Crippen LogP contribution is -2.50. The second kappa shape index (κ2) is 8.40. The van der Waals surface area contributed by atoms with Gasteiger partial charge in [-0.25, -0.2) is 4.68 Å². The highest BCUT2D eigenvalue weighted by Crippen LogP contribution is 2.36. The van der Waals surface area contributed by atoms with Gasteiger partial charge in [-0.05, 0) is 68.7 Å². The van der Waals surface area contributed by atoms with E-state index in [4.69, 9.17) is 9.47 Å². The third-order valence-corrected chi connectivity index (χ3v) is 6.76. The monoisotopic (exact) mass is 410 g/mol. The predicted molar refractivity (Wildman–Crippen MR) is 113 cm³/mol. The largest absolute Gasteiger partial charge is 0.494 e. The minimum absolute atomic E-state index is 0.0482. The van der Waals surface area contributed by atoms with Crippen molar-refractivity contribution in [3.8, 4) is 11.4 Å². The van der Waals surface area contributed by atoms with E-state index in [1.165, 1.54) is 12.8 Å². The summed E-state index contributed by atoms with van der Waals surface area (Å²) >= 11 is 0. The number of hydrogen-bond donors (Lipinski definition) is 2. The highest BCUT2D eigenvalue weighted by Gasteiger charge is 2.41.